The summed E-state index contributed by atoms with van der Waals surface area (Å²) in [6, 6.07) is 0.484. The summed E-state index contributed by atoms with van der Waals surface area (Å²) >= 11 is 3.73. The lowest BCUT2D eigenvalue weighted by Crippen LogP contribution is -2.32. The van der Waals surface area contributed by atoms with Crippen molar-refractivity contribution in [2.45, 2.75) is 59.0 Å². The van der Waals surface area contributed by atoms with Gasteiger partial charge in [0.05, 0.1) is 15.9 Å². The molecule has 0 bridgehead atoms. The first kappa shape index (κ1) is 17.7. The Morgan fingerprint density at radius 3 is 2.65 bits per heavy atom. The number of rotatable bonds is 10. The molecule has 1 N–H and O–H groups in total. The molecule has 0 aromatic carbocycles. The van der Waals surface area contributed by atoms with Crippen LogP contribution in [-0.2, 0) is 24.1 Å². The van der Waals surface area contributed by atoms with E-state index in [0.717, 1.165) is 51.1 Å². The van der Waals surface area contributed by atoms with Crippen molar-refractivity contribution in [3.8, 4) is 0 Å². The molecule has 116 valence electrons. The molecule has 0 aliphatic heterocycles. The standard InChI is InChI=1S/C15H28BrN3O/c1-5-13-15(16)14(19(7-3)18-13)11-12(17-6-2)9-8-10-20-4/h12,17H,5-11H2,1-4H3. The first-order valence-corrected chi connectivity index (χ1v) is 8.43. The Kier molecular flexibility index (Phi) is 8.41. The van der Waals surface area contributed by atoms with Gasteiger partial charge in [0.2, 0.25) is 0 Å². The van der Waals surface area contributed by atoms with Crippen molar-refractivity contribution in [2.24, 2.45) is 0 Å². The highest BCUT2D eigenvalue weighted by Gasteiger charge is 2.18. The molecule has 0 saturated carbocycles. The molecule has 1 rings (SSSR count). The molecule has 1 aromatic rings. The number of nitrogens with zero attached hydrogens (tertiary/aromatic N) is 2. The van der Waals surface area contributed by atoms with Crippen molar-refractivity contribution in [3.63, 3.8) is 0 Å². The highest BCUT2D eigenvalue weighted by molar-refractivity contribution is 9.10. The topological polar surface area (TPSA) is 39.1 Å². The third kappa shape index (κ3) is 4.86. The molecule has 1 atom stereocenters. The maximum atomic E-state index is 5.16. The fourth-order valence-corrected chi connectivity index (χ4v) is 3.21. The minimum Gasteiger partial charge on any atom is -0.385 e. The minimum atomic E-state index is 0.484. The van der Waals surface area contributed by atoms with Crippen LogP contribution in [0.1, 0.15) is 45.0 Å². The van der Waals surface area contributed by atoms with Gasteiger partial charge in [-0.05, 0) is 48.7 Å². The zero-order valence-electron chi connectivity index (χ0n) is 13.2. The molecule has 1 aromatic heterocycles. The molecular weight excluding hydrogens is 318 g/mol. The van der Waals surface area contributed by atoms with Crippen LogP contribution in [0.2, 0.25) is 0 Å². The molecule has 0 radical (unpaired) electrons. The Labute approximate surface area is 131 Å². The summed E-state index contributed by atoms with van der Waals surface area (Å²) in [7, 11) is 1.76. The summed E-state index contributed by atoms with van der Waals surface area (Å²) < 4.78 is 8.48. The monoisotopic (exact) mass is 345 g/mol. The quantitative estimate of drug-likeness (QED) is 0.662. The molecule has 0 amide bonds. The number of aryl methyl sites for hydroxylation is 2. The zero-order valence-corrected chi connectivity index (χ0v) is 14.8. The summed E-state index contributed by atoms with van der Waals surface area (Å²) in [5.41, 5.74) is 2.47. The Hall–Kier alpha value is -0.390. The second kappa shape index (κ2) is 9.53. The van der Waals surface area contributed by atoms with Crippen LogP contribution in [0.25, 0.3) is 0 Å². The minimum absolute atomic E-state index is 0.484. The van der Waals surface area contributed by atoms with Gasteiger partial charge in [0.15, 0.2) is 0 Å². The molecular formula is C15H28BrN3O. The lowest BCUT2D eigenvalue weighted by molar-refractivity contribution is 0.188. The number of likely N-dealkylation sites (N-methyl/N-ethyl adjacent to an activating group) is 1. The van der Waals surface area contributed by atoms with E-state index in [2.05, 4.69) is 51.8 Å². The molecule has 1 unspecified atom stereocenters. The predicted molar refractivity (Wildman–Crippen MR) is 87.3 cm³/mol. The van der Waals surface area contributed by atoms with Crippen molar-refractivity contribution < 1.29 is 4.74 Å². The van der Waals surface area contributed by atoms with E-state index in [4.69, 9.17) is 4.74 Å². The van der Waals surface area contributed by atoms with Crippen molar-refractivity contribution in [2.75, 3.05) is 20.3 Å². The summed E-state index contributed by atoms with van der Waals surface area (Å²) in [5.74, 6) is 0. The first-order chi connectivity index (χ1) is 9.67. The van der Waals surface area contributed by atoms with Gasteiger partial charge >= 0.3 is 0 Å². The van der Waals surface area contributed by atoms with Gasteiger partial charge in [-0.3, -0.25) is 4.68 Å². The molecule has 5 heteroatoms. The number of methoxy groups -OCH3 is 1. The van der Waals surface area contributed by atoms with Crippen LogP contribution in [0.5, 0.6) is 0 Å². The van der Waals surface area contributed by atoms with Crippen LogP contribution in [0.4, 0.5) is 0 Å². The van der Waals surface area contributed by atoms with Crippen LogP contribution < -0.4 is 5.32 Å². The van der Waals surface area contributed by atoms with E-state index in [9.17, 15) is 0 Å². The molecule has 0 aliphatic carbocycles. The van der Waals surface area contributed by atoms with Crippen LogP contribution in [0.3, 0.4) is 0 Å². The van der Waals surface area contributed by atoms with Gasteiger partial charge in [0, 0.05) is 32.7 Å². The van der Waals surface area contributed by atoms with E-state index < -0.39 is 0 Å². The van der Waals surface area contributed by atoms with Gasteiger partial charge in [-0.25, -0.2) is 0 Å². The number of hydrogen-bond acceptors (Lipinski definition) is 3. The van der Waals surface area contributed by atoms with Crippen molar-refractivity contribution in [1.82, 2.24) is 15.1 Å². The maximum absolute atomic E-state index is 5.16. The van der Waals surface area contributed by atoms with Crippen LogP contribution in [0, 0.1) is 0 Å². The predicted octanol–water partition coefficient (Wildman–Crippen LogP) is 3.18. The molecule has 0 aliphatic rings. The average Bonchev–Trinajstić information content (AvgIpc) is 2.75. The van der Waals surface area contributed by atoms with Crippen molar-refractivity contribution >= 4 is 15.9 Å². The van der Waals surface area contributed by atoms with Gasteiger partial charge in [0.25, 0.3) is 0 Å². The molecule has 4 nitrogen and oxygen atoms in total. The lowest BCUT2D eigenvalue weighted by atomic mass is 10.1. The fourth-order valence-electron chi connectivity index (χ4n) is 2.48. The molecule has 1 heterocycles. The number of aromatic nitrogens is 2. The van der Waals surface area contributed by atoms with E-state index in [1.165, 1.54) is 10.2 Å². The highest BCUT2D eigenvalue weighted by atomic mass is 79.9. The number of nitrogens with one attached hydrogen (secondary N) is 1. The Morgan fingerprint density at radius 2 is 2.10 bits per heavy atom. The van der Waals surface area contributed by atoms with Gasteiger partial charge < -0.3 is 10.1 Å². The summed E-state index contributed by atoms with van der Waals surface area (Å²) in [4.78, 5) is 0. The zero-order chi connectivity index (χ0) is 15.0. The van der Waals surface area contributed by atoms with Crippen LogP contribution in [-0.4, -0.2) is 36.1 Å². The van der Waals surface area contributed by atoms with Crippen LogP contribution in [0.15, 0.2) is 4.47 Å². The Morgan fingerprint density at radius 1 is 1.35 bits per heavy atom. The second-order valence-corrected chi connectivity index (χ2v) is 5.76. The number of halogens is 1. The van der Waals surface area contributed by atoms with Gasteiger partial charge in [0.1, 0.15) is 0 Å². The molecule has 20 heavy (non-hydrogen) atoms. The smallest absolute Gasteiger partial charge is 0.0766 e. The maximum Gasteiger partial charge on any atom is 0.0766 e. The summed E-state index contributed by atoms with van der Waals surface area (Å²) in [5, 5.41) is 8.25. The normalized spacial score (nSPS) is 12.8. The molecule has 0 spiro atoms. The van der Waals surface area contributed by atoms with Gasteiger partial charge in [-0.15, -0.1) is 0 Å². The molecule has 0 fully saturated rings. The Balaban J connectivity index is 2.78. The van der Waals surface area contributed by atoms with Gasteiger partial charge in [-0.1, -0.05) is 13.8 Å². The van der Waals surface area contributed by atoms with Crippen LogP contribution >= 0.6 is 15.9 Å². The van der Waals surface area contributed by atoms with E-state index in [1.54, 1.807) is 7.11 Å². The van der Waals surface area contributed by atoms with E-state index in [-0.39, 0.29) is 0 Å². The van der Waals surface area contributed by atoms with Crippen molar-refractivity contribution in [1.29, 1.82) is 0 Å². The van der Waals surface area contributed by atoms with E-state index >= 15 is 0 Å². The molecule has 0 saturated heterocycles. The third-order valence-corrected chi connectivity index (χ3v) is 4.44. The van der Waals surface area contributed by atoms with E-state index in [1.807, 2.05) is 0 Å². The third-order valence-electron chi connectivity index (χ3n) is 3.53. The van der Waals surface area contributed by atoms with E-state index in [0.29, 0.717) is 6.04 Å². The lowest BCUT2D eigenvalue weighted by Gasteiger charge is -2.18. The SMILES string of the molecule is CCNC(CCCOC)Cc1c(Br)c(CC)nn1CC. The summed E-state index contributed by atoms with van der Waals surface area (Å²) in [6.07, 6.45) is 4.20. The number of hydrogen-bond donors (Lipinski definition) is 1. The van der Waals surface area contributed by atoms with Gasteiger partial charge in [-0.2, -0.15) is 5.10 Å². The fraction of sp³-hybridized carbons (Fsp3) is 0.800. The summed E-state index contributed by atoms with van der Waals surface area (Å²) in [6.45, 7) is 9.21. The average molecular weight is 346 g/mol. The first-order valence-electron chi connectivity index (χ1n) is 7.64. The Bertz CT molecular complexity index is 393. The second-order valence-electron chi connectivity index (χ2n) is 4.97. The van der Waals surface area contributed by atoms with Crippen molar-refractivity contribution in [3.05, 3.63) is 15.9 Å². The highest BCUT2D eigenvalue weighted by Crippen LogP contribution is 2.24. The number of ether oxygens (including phenoxy) is 1. The largest absolute Gasteiger partial charge is 0.385 e.